The summed E-state index contributed by atoms with van der Waals surface area (Å²) in [6.07, 6.45) is 0. The van der Waals surface area contributed by atoms with Gasteiger partial charge in [0.2, 0.25) is 10.0 Å². The lowest BCUT2D eigenvalue weighted by atomic mass is 10.3. The van der Waals surface area contributed by atoms with Crippen molar-refractivity contribution in [1.29, 1.82) is 0 Å². The molecule has 1 aromatic heterocycles. The predicted octanol–water partition coefficient (Wildman–Crippen LogP) is 0.131. The molecule has 0 bridgehead atoms. The van der Waals surface area contributed by atoms with Gasteiger partial charge in [0.15, 0.2) is 5.69 Å². The summed E-state index contributed by atoms with van der Waals surface area (Å²) in [4.78, 5) is 14.5. The molecule has 8 heteroatoms. The number of nitrogens with zero attached hydrogens (tertiary/aromatic N) is 1. The zero-order chi connectivity index (χ0) is 13.6. The third-order valence-electron chi connectivity index (χ3n) is 2.01. The molecular weight excluding hydrogens is 258 g/mol. The lowest BCUT2D eigenvalue weighted by molar-refractivity contribution is 0.0690. The summed E-state index contributed by atoms with van der Waals surface area (Å²) in [7, 11) is -3.28. The van der Waals surface area contributed by atoms with Crippen LogP contribution >= 0.6 is 0 Å². The first-order valence-electron chi connectivity index (χ1n) is 5.36. The molecule has 0 amide bonds. The maximum atomic E-state index is 11.3. The summed E-state index contributed by atoms with van der Waals surface area (Å²) < 4.78 is 25.0. The van der Waals surface area contributed by atoms with Crippen LogP contribution in [0.5, 0.6) is 0 Å². The lowest BCUT2D eigenvalue weighted by Gasteiger charge is -2.07. The van der Waals surface area contributed by atoms with Gasteiger partial charge in [-0.25, -0.2) is 22.9 Å². The zero-order valence-electron chi connectivity index (χ0n) is 9.88. The van der Waals surface area contributed by atoms with Crippen molar-refractivity contribution in [2.75, 3.05) is 24.2 Å². The van der Waals surface area contributed by atoms with Gasteiger partial charge in [0.1, 0.15) is 5.82 Å². The molecule has 3 N–H and O–H groups in total. The van der Waals surface area contributed by atoms with E-state index >= 15 is 0 Å². The van der Waals surface area contributed by atoms with Gasteiger partial charge in [0.05, 0.1) is 5.75 Å². The fourth-order valence-electron chi connectivity index (χ4n) is 1.26. The maximum absolute atomic E-state index is 11.3. The van der Waals surface area contributed by atoms with Gasteiger partial charge in [-0.2, -0.15) is 0 Å². The molecule has 1 aromatic rings. The number of anilines is 1. The van der Waals surface area contributed by atoms with Gasteiger partial charge in [0.25, 0.3) is 0 Å². The summed E-state index contributed by atoms with van der Waals surface area (Å²) >= 11 is 0. The van der Waals surface area contributed by atoms with E-state index in [0.29, 0.717) is 12.4 Å². The predicted molar refractivity (Wildman–Crippen MR) is 67.1 cm³/mol. The molecule has 0 saturated carbocycles. The van der Waals surface area contributed by atoms with Gasteiger partial charge >= 0.3 is 5.97 Å². The average molecular weight is 273 g/mol. The van der Waals surface area contributed by atoms with Crippen LogP contribution in [0.2, 0.25) is 0 Å². The van der Waals surface area contributed by atoms with E-state index in [9.17, 15) is 13.2 Å². The number of hydrogen-bond donors (Lipinski definition) is 3. The van der Waals surface area contributed by atoms with Crippen molar-refractivity contribution in [2.45, 2.75) is 6.92 Å². The van der Waals surface area contributed by atoms with Crippen LogP contribution in [0.3, 0.4) is 0 Å². The summed E-state index contributed by atoms with van der Waals surface area (Å²) in [5, 5.41) is 11.5. The molecule has 100 valence electrons. The second kappa shape index (κ2) is 6.31. The standard InChI is InChI=1S/C10H15N3O4S/c1-2-12-18(16,17)7-6-11-9-5-3-4-8(13-9)10(14)15/h3-5,12H,2,6-7H2,1H3,(H,11,13)(H,14,15). The smallest absolute Gasteiger partial charge is 0.354 e. The molecule has 0 atom stereocenters. The number of carboxylic acid groups (broad SMARTS) is 1. The van der Waals surface area contributed by atoms with Crippen LogP contribution in [0, 0.1) is 0 Å². The Morgan fingerprint density at radius 1 is 1.44 bits per heavy atom. The van der Waals surface area contributed by atoms with Crippen LogP contribution in [0.15, 0.2) is 18.2 Å². The largest absolute Gasteiger partial charge is 0.477 e. The second-order valence-electron chi connectivity index (χ2n) is 3.46. The Kier molecular flexibility index (Phi) is 5.05. The molecule has 7 nitrogen and oxygen atoms in total. The van der Waals surface area contributed by atoms with Crippen molar-refractivity contribution >= 4 is 21.8 Å². The van der Waals surface area contributed by atoms with Crippen LogP contribution < -0.4 is 10.0 Å². The maximum Gasteiger partial charge on any atom is 0.354 e. The summed E-state index contributed by atoms with van der Waals surface area (Å²) in [6, 6.07) is 4.48. The monoisotopic (exact) mass is 273 g/mol. The van der Waals surface area contributed by atoms with Crippen molar-refractivity contribution in [3.63, 3.8) is 0 Å². The molecule has 0 aliphatic heterocycles. The number of aromatic nitrogens is 1. The molecule has 0 saturated heterocycles. The molecule has 0 aliphatic rings. The van der Waals surface area contributed by atoms with E-state index in [2.05, 4.69) is 15.0 Å². The Morgan fingerprint density at radius 2 is 2.17 bits per heavy atom. The molecule has 0 aromatic carbocycles. The molecule has 0 fully saturated rings. The quantitative estimate of drug-likeness (QED) is 0.651. The second-order valence-corrected chi connectivity index (χ2v) is 5.38. The SMILES string of the molecule is CCNS(=O)(=O)CCNc1cccc(C(=O)O)n1. The third-order valence-corrected chi connectivity index (χ3v) is 3.48. The Morgan fingerprint density at radius 3 is 2.78 bits per heavy atom. The van der Waals surface area contributed by atoms with Crippen LogP contribution in [0.1, 0.15) is 17.4 Å². The molecule has 0 unspecified atom stereocenters. The van der Waals surface area contributed by atoms with E-state index in [1.807, 2.05) is 0 Å². The normalized spacial score (nSPS) is 11.2. The summed E-state index contributed by atoms with van der Waals surface area (Å²) in [5.41, 5.74) is -0.0884. The zero-order valence-corrected chi connectivity index (χ0v) is 10.7. The van der Waals surface area contributed by atoms with Gasteiger partial charge in [-0.05, 0) is 12.1 Å². The van der Waals surface area contributed by atoms with Gasteiger partial charge < -0.3 is 10.4 Å². The number of rotatable bonds is 7. The number of nitrogens with one attached hydrogen (secondary N) is 2. The Balaban J connectivity index is 2.54. The Bertz CT molecular complexity index is 516. The first-order chi connectivity index (χ1) is 8.44. The van der Waals surface area contributed by atoms with Crippen LogP contribution in [0.25, 0.3) is 0 Å². The van der Waals surface area contributed by atoms with Crippen LogP contribution in [-0.4, -0.2) is 43.3 Å². The average Bonchev–Trinajstić information content (AvgIpc) is 2.29. The molecule has 1 heterocycles. The number of hydrogen-bond acceptors (Lipinski definition) is 5. The summed E-state index contributed by atoms with van der Waals surface area (Å²) in [5.74, 6) is -0.889. The lowest BCUT2D eigenvalue weighted by Crippen LogP contribution is -2.29. The Labute approximate surface area is 105 Å². The van der Waals surface area contributed by atoms with Crippen molar-refractivity contribution in [3.8, 4) is 0 Å². The van der Waals surface area contributed by atoms with Crippen LogP contribution in [-0.2, 0) is 10.0 Å². The third kappa shape index (κ3) is 4.68. The molecule has 0 radical (unpaired) electrons. The van der Waals surface area contributed by atoms with Crippen LogP contribution in [0.4, 0.5) is 5.82 Å². The minimum Gasteiger partial charge on any atom is -0.477 e. The van der Waals surface area contributed by atoms with Gasteiger partial charge in [-0.1, -0.05) is 13.0 Å². The van der Waals surface area contributed by atoms with E-state index < -0.39 is 16.0 Å². The first-order valence-corrected chi connectivity index (χ1v) is 7.01. The van der Waals surface area contributed by atoms with E-state index in [-0.39, 0.29) is 18.0 Å². The fourth-order valence-corrected chi connectivity index (χ4v) is 2.21. The van der Waals surface area contributed by atoms with E-state index in [4.69, 9.17) is 5.11 Å². The van der Waals surface area contributed by atoms with E-state index in [1.165, 1.54) is 12.1 Å². The number of pyridine rings is 1. The highest BCUT2D eigenvalue weighted by molar-refractivity contribution is 7.89. The highest BCUT2D eigenvalue weighted by atomic mass is 32.2. The molecule has 0 aliphatic carbocycles. The van der Waals surface area contributed by atoms with E-state index in [1.54, 1.807) is 13.0 Å². The Hall–Kier alpha value is -1.67. The van der Waals surface area contributed by atoms with E-state index in [0.717, 1.165) is 0 Å². The highest BCUT2D eigenvalue weighted by Gasteiger charge is 2.08. The van der Waals surface area contributed by atoms with Gasteiger partial charge in [-0.3, -0.25) is 0 Å². The summed E-state index contributed by atoms with van der Waals surface area (Å²) in [6.45, 7) is 2.20. The van der Waals surface area contributed by atoms with Gasteiger partial charge in [-0.15, -0.1) is 0 Å². The fraction of sp³-hybridized carbons (Fsp3) is 0.400. The minimum absolute atomic E-state index is 0.0884. The minimum atomic E-state index is -3.28. The van der Waals surface area contributed by atoms with Crippen molar-refractivity contribution in [2.24, 2.45) is 0 Å². The highest BCUT2D eigenvalue weighted by Crippen LogP contribution is 2.04. The number of sulfonamides is 1. The first kappa shape index (κ1) is 14.4. The number of aromatic carboxylic acids is 1. The molecule has 1 rings (SSSR count). The molecule has 0 spiro atoms. The van der Waals surface area contributed by atoms with Gasteiger partial charge in [0, 0.05) is 13.1 Å². The number of carboxylic acids is 1. The molecular formula is C10H15N3O4S. The van der Waals surface area contributed by atoms with Crippen molar-refractivity contribution in [1.82, 2.24) is 9.71 Å². The van der Waals surface area contributed by atoms with Crippen molar-refractivity contribution in [3.05, 3.63) is 23.9 Å². The topological polar surface area (TPSA) is 108 Å². The number of carbonyl (C=O) groups is 1. The molecule has 18 heavy (non-hydrogen) atoms. The van der Waals surface area contributed by atoms with Crippen molar-refractivity contribution < 1.29 is 18.3 Å².